The third-order valence-corrected chi connectivity index (χ3v) is 4.09. The van der Waals surface area contributed by atoms with E-state index in [-0.39, 0.29) is 28.6 Å². The van der Waals surface area contributed by atoms with Gasteiger partial charge >= 0.3 is 0 Å². The Balaban J connectivity index is 1.65. The van der Waals surface area contributed by atoms with Gasteiger partial charge in [-0.3, -0.25) is 9.59 Å². The summed E-state index contributed by atoms with van der Waals surface area (Å²) < 4.78 is 17.9. The van der Waals surface area contributed by atoms with Crippen LogP contribution in [0, 0.1) is 5.82 Å². The van der Waals surface area contributed by atoms with Gasteiger partial charge in [0.15, 0.2) is 5.75 Å². The number of H-pyrrole nitrogens is 1. The standard InChI is InChI=1S/C17H18FN3O3/c1-24-16-11-19-14(10-15(16)22)17(23)21-8-6-20(7-9-21)13-4-2-12(18)3-5-13/h2-5,10-11H,6-9H2,1H3,(H,19,22). The molecule has 1 aliphatic heterocycles. The number of nitrogens with zero attached hydrogens (tertiary/aromatic N) is 2. The van der Waals surface area contributed by atoms with Crippen LogP contribution in [0.15, 0.2) is 41.3 Å². The number of carbonyl (C=O) groups excluding carboxylic acids is 1. The average Bonchev–Trinajstić information content (AvgIpc) is 2.62. The number of benzene rings is 1. The van der Waals surface area contributed by atoms with E-state index in [4.69, 9.17) is 4.74 Å². The number of anilines is 1. The second-order valence-electron chi connectivity index (χ2n) is 5.53. The Kier molecular flexibility index (Phi) is 4.50. The molecule has 1 N–H and O–H groups in total. The van der Waals surface area contributed by atoms with E-state index in [1.165, 1.54) is 31.5 Å². The summed E-state index contributed by atoms with van der Waals surface area (Å²) in [5.74, 6) is -0.308. The predicted molar refractivity (Wildman–Crippen MR) is 88.1 cm³/mol. The zero-order chi connectivity index (χ0) is 17.1. The van der Waals surface area contributed by atoms with Gasteiger partial charge in [-0.2, -0.15) is 0 Å². The summed E-state index contributed by atoms with van der Waals surface area (Å²) in [6, 6.07) is 7.57. The highest BCUT2D eigenvalue weighted by Crippen LogP contribution is 2.17. The number of pyridine rings is 1. The molecule has 0 aliphatic carbocycles. The maximum Gasteiger partial charge on any atom is 0.270 e. The molecule has 0 saturated carbocycles. The Labute approximate surface area is 138 Å². The minimum atomic E-state index is -0.329. The minimum absolute atomic E-state index is 0.174. The van der Waals surface area contributed by atoms with Crippen molar-refractivity contribution in [3.8, 4) is 5.75 Å². The second kappa shape index (κ2) is 6.74. The van der Waals surface area contributed by atoms with Crippen molar-refractivity contribution in [3.05, 3.63) is 58.3 Å². The first-order valence-corrected chi connectivity index (χ1v) is 7.65. The molecule has 1 aliphatic rings. The fourth-order valence-electron chi connectivity index (χ4n) is 2.73. The first-order valence-electron chi connectivity index (χ1n) is 7.65. The molecule has 2 aromatic rings. The number of carbonyl (C=O) groups is 1. The van der Waals surface area contributed by atoms with Crippen LogP contribution in [0.5, 0.6) is 5.75 Å². The van der Waals surface area contributed by atoms with Gasteiger partial charge in [0.2, 0.25) is 5.43 Å². The molecule has 0 spiro atoms. The number of amides is 1. The van der Waals surface area contributed by atoms with Gasteiger partial charge in [-0.1, -0.05) is 0 Å². The van der Waals surface area contributed by atoms with E-state index in [2.05, 4.69) is 9.88 Å². The average molecular weight is 331 g/mol. The molecule has 126 valence electrons. The maximum absolute atomic E-state index is 13.0. The van der Waals surface area contributed by atoms with Gasteiger partial charge in [-0.05, 0) is 24.3 Å². The molecular formula is C17H18FN3O3. The number of halogens is 1. The number of piperazine rings is 1. The van der Waals surface area contributed by atoms with Crippen LogP contribution in [0.1, 0.15) is 10.5 Å². The summed E-state index contributed by atoms with van der Waals surface area (Å²) in [5, 5.41) is 0. The summed E-state index contributed by atoms with van der Waals surface area (Å²) in [5.41, 5.74) is 0.849. The summed E-state index contributed by atoms with van der Waals surface area (Å²) in [4.78, 5) is 30.8. The van der Waals surface area contributed by atoms with Crippen molar-refractivity contribution in [3.63, 3.8) is 0 Å². The predicted octanol–water partition coefficient (Wildman–Crippen LogP) is 1.49. The summed E-state index contributed by atoms with van der Waals surface area (Å²) in [6.45, 7) is 2.37. The van der Waals surface area contributed by atoms with Crippen molar-refractivity contribution in [2.45, 2.75) is 0 Å². The van der Waals surface area contributed by atoms with Crippen LogP contribution in [0.2, 0.25) is 0 Å². The van der Waals surface area contributed by atoms with Crippen molar-refractivity contribution in [1.82, 2.24) is 9.88 Å². The number of aromatic nitrogens is 1. The fourth-order valence-corrected chi connectivity index (χ4v) is 2.73. The number of hydrogen-bond acceptors (Lipinski definition) is 4. The Bertz CT molecular complexity index is 780. The highest BCUT2D eigenvalue weighted by Gasteiger charge is 2.23. The molecule has 0 unspecified atom stereocenters. The lowest BCUT2D eigenvalue weighted by atomic mass is 10.2. The third kappa shape index (κ3) is 3.24. The van der Waals surface area contributed by atoms with Gasteiger partial charge < -0.3 is 19.5 Å². The van der Waals surface area contributed by atoms with Crippen molar-refractivity contribution in [2.24, 2.45) is 0 Å². The van der Waals surface area contributed by atoms with Gasteiger partial charge in [-0.25, -0.2) is 4.39 Å². The van der Waals surface area contributed by atoms with E-state index in [0.717, 1.165) is 5.69 Å². The number of aromatic amines is 1. The lowest BCUT2D eigenvalue weighted by Gasteiger charge is -2.36. The van der Waals surface area contributed by atoms with Crippen molar-refractivity contribution >= 4 is 11.6 Å². The molecule has 1 saturated heterocycles. The van der Waals surface area contributed by atoms with Crippen LogP contribution in [0.25, 0.3) is 0 Å². The first-order chi connectivity index (χ1) is 11.6. The zero-order valence-electron chi connectivity index (χ0n) is 13.3. The topological polar surface area (TPSA) is 65.6 Å². The molecule has 3 rings (SSSR count). The number of rotatable bonds is 3. The van der Waals surface area contributed by atoms with E-state index in [0.29, 0.717) is 26.2 Å². The largest absolute Gasteiger partial charge is 0.491 e. The van der Waals surface area contributed by atoms with Crippen molar-refractivity contribution in [2.75, 3.05) is 38.2 Å². The molecular weight excluding hydrogens is 313 g/mol. The summed E-state index contributed by atoms with van der Waals surface area (Å²) in [6.07, 6.45) is 1.39. The van der Waals surface area contributed by atoms with E-state index >= 15 is 0 Å². The molecule has 1 amide bonds. The molecule has 1 aromatic heterocycles. The molecule has 7 heteroatoms. The van der Waals surface area contributed by atoms with Crippen LogP contribution < -0.4 is 15.1 Å². The Morgan fingerprint density at radius 3 is 2.42 bits per heavy atom. The SMILES string of the molecule is COc1c[nH]c(C(=O)N2CCN(c3ccc(F)cc3)CC2)cc1=O. The van der Waals surface area contributed by atoms with Crippen LogP contribution in [0.4, 0.5) is 10.1 Å². The van der Waals surface area contributed by atoms with Gasteiger partial charge in [-0.15, -0.1) is 0 Å². The van der Waals surface area contributed by atoms with E-state index in [1.54, 1.807) is 17.0 Å². The molecule has 1 aromatic carbocycles. The highest BCUT2D eigenvalue weighted by atomic mass is 19.1. The number of ether oxygens (including phenoxy) is 1. The molecule has 1 fully saturated rings. The molecule has 0 radical (unpaired) electrons. The molecule has 0 atom stereocenters. The lowest BCUT2D eigenvalue weighted by Crippen LogP contribution is -2.49. The Morgan fingerprint density at radius 1 is 1.17 bits per heavy atom. The zero-order valence-corrected chi connectivity index (χ0v) is 13.3. The summed E-state index contributed by atoms with van der Waals surface area (Å²) >= 11 is 0. The van der Waals surface area contributed by atoms with Gasteiger partial charge in [0, 0.05) is 44.1 Å². The van der Waals surface area contributed by atoms with Crippen molar-refractivity contribution in [1.29, 1.82) is 0 Å². The van der Waals surface area contributed by atoms with Gasteiger partial charge in [0.25, 0.3) is 5.91 Å². The third-order valence-electron chi connectivity index (χ3n) is 4.09. The van der Waals surface area contributed by atoms with E-state index < -0.39 is 0 Å². The monoisotopic (exact) mass is 331 g/mol. The van der Waals surface area contributed by atoms with Crippen molar-refractivity contribution < 1.29 is 13.9 Å². The van der Waals surface area contributed by atoms with E-state index in [9.17, 15) is 14.0 Å². The molecule has 6 nitrogen and oxygen atoms in total. The molecule has 24 heavy (non-hydrogen) atoms. The Morgan fingerprint density at radius 2 is 1.83 bits per heavy atom. The molecule has 0 bridgehead atoms. The van der Waals surface area contributed by atoms with Crippen LogP contribution >= 0.6 is 0 Å². The van der Waals surface area contributed by atoms with Gasteiger partial charge in [0.1, 0.15) is 11.5 Å². The highest BCUT2D eigenvalue weighted by molar-refractivity contribution is 5.92. The van der Waals surface area contributed by atoms with Crippen LogP contribution in [-0.4, -0.2) is 49.1 Å². The normalized spacial score (nSPS) is 14.6. The number of hydrogen-bond donors (Lipinski definition) is 1. The maximum atomic E-state index is 13.0. The summed E-state index contributed by atoms with van der Waals surface area (Å²) in [7, 11) is 1.40. The quantitative estimate of drug-likeness (QED) is 0.925. The number of nitrogens with one attached hydrogen (secondary N) is 1. The first kappa shape index (κ1) is 16.0. The van der Waals surface area contributed by atoms with E-state index in [1.807, 2.05) is 0 Å². The number of methoxy groups -OCH3 is 1. The lowest BCUT2D eigenvalue weighted by molar-refractivity contribution is 0.0740. The molecule has 2 heterocycles. The fraction of sp³-hybridized carbons (Fsp3) is 0.294. The van der Waals surface area contributed by atoms with Crippen LogP contribution in [-0.2, 0) is 0 Å². The minimum Gasteiger partial charge on any atom is -0.491 e. The van der Waals surface area contributed by atoms with Crippen LogP contribution in [0.3, 0.4) is 0 Å². The smallest absolute Gasteiger partial charge is 0.270 e. The van der Waals surface area contributed by atoms with Gasteiger partial charge in [0.05, 0.1) is 7.11 Å². The second-order valence-corrected chi connectivity index (χ2v) is 5.53. The Hall–Kier alpha value is -2.83.